The van der Waals surface area contributed by atoms with Crippen LogP contribution in [0.25, 0.3) is 0 Å². The molecule has 0 atom stereocenters. The standard InChI is InChI=1S/C19H28N2O3/c1-13(2)12-24-17-10-8-16(9-11-17)21-19(23)18(22)20-15-6-4-14(3)5-7-15/h8-11,13-15H,4-7,12H2,1-3H3,(H,20,22)(H,21,23). The number of rotatable bonds is 5. The van der Waals surface area contributed by atoms with Crippen LogP contribution in [0.5, 0.6) is 5.75 Å². The number of hydrogen-bond donors (Lipinski definition) is 2. The van der Waals surface area contributed by atoms with Gasteiger partial charge in [-0.15, -0.1) is 0 Å². The van der Waals surface area contributed by atoms with Gasteiger partial charge in [0.2, 0.25) is 0 Å². The first-order valence-electron chi connectivity index (χ1n) is 8.78. The quantitative estimate of drug-likeness (QED) is 0.813. The number of anilines is 1. The van der Waals surface area contributed by atoms with Gasteiger partial charge in [-0.05, 0) is 61.8 Å². The summed E-state index contributed by atoms with van der Waals surface area (Å²) in [5.41, 5.74) is 0.587. The van der Waals surface area contributed by atoms with Crippen LogP contribution in [0.15, 0.2) is 24.3 Å². The van der Waals surface area contributed by atoms with E-state index in [1.54, 1.807) is 24.3 Å². The van der Waals surface area contributed by atoms with E-state index in [4.69, 9.17) is 4.74 Å². The highest BCUT2D eigenvalue weighted by molar-refractivity contribution is 6.39. The Balaban J connectivity index is 1.79. The second-order valence-electron chi connectivity index (χ2n) is 7.11. The molecule has 5 nitrogen and oxygen atoms in total. The monoisotopic (exact) mass is 332 g/mol. The lowest BCUT2D eigenvalue weighted by Gasteiger charge is -2.26. The summed E-state index contributed by atoms with van der Waals surface area (Å²) in [6.45, 7) is 7.04. The van der Waals surface area contributed by atoms with Crippen LogP contribution in [0.4, 0.5) is 5.69 Å². The molecule has 5 heteroatoms. The van der Waals surface area contributed by atoms with Gasteiger partial charge in [-0.1, -0.05) is 20.8 Å². The molecule has 1 aliphatic carbocycles. The summed E-state index contributed by atoms with van der Waals surface area (Å²) in [6, 6.07) is 7.18. The predicted molar refractivity (Wildman–Crippen MR) is 95.0 cm³/mol. The van der Waals surface area contributed by atoms with E-state index in [1.165, 1.54) is 0 Å². The molecular weight excluding hydrogens is 304 g/mol. The maximum Gasteiger partial charge on any atom is 0.313 e. The van der Waals surface area contributed by atoms with Crippen LogP contribution < -0.4 is 15.4 Å². The molecule has 2 rings (SSSR count). The fourth-order valence-corrected chi connectivity index (χ4v) is 2.74. The summed E-state index contributed by atoms with van der Waals surface area (Å²) in [4.78, 5) is 24.0. The normalized spacial score (nSPS) is 20.5. The Morgan fingerprint density at radius 2 is 1.71 bits per heavy atom. The summed E-state index contributed by atoms with van der Waals surface area (Å²) in [7, 11) is 0. The van der Waals surface area contributed by atoms with Crippen molar-refractivity contribution in [2.75, 3.05) is 11.9 Å². The highest BCUT2D eigenvalue weighted by Crippen LogP contribution is 2.23. The maximum atomic E-state index is 12.0. The van der Waals surface area contributed by atoms with Crippen LogP contribution in [-0.4, -0.2) is 24.5 Å². The Morgan fingerprint density at radius 1 is 1.08 bits per heavy atom. The Morgan fingerprint density at radius 3 is 2.29 bits per heavy atom. The van der Waals surface area contributed by atoms with Gasteiger partial charge in [0.1, 0.15) is 5.75 Å². The minimum atomic E-state index is -0.621. The fourth-order valence-electron chi connectivity index (χ4n) is 2.74. The number of nitrogens with one attached hydrogen (secondary N) is 2. The Labute approximate surface area is 144 Å². The lowest BCUT2D eigenvalue weighted by molar-refractivity contribution is -0.136. The smallest absolute Gasteiger partial charge is 0.313 e. The van der Waals surface area contributed by atoms with E-state index in [-0.39, 0.29) is 6.04 Å². The summed E-state index contributed by atoms with van der Waals surface area (Å²) in [6.07, 6.45) is 4.10. The number of hydrogen-bond acceptors (Lipinski definition) is 3. The van der Waals surface area contributed by atoms with E-state index in [0.717, 1.165) is 31.4 Å². The van der Waals surface area contributed by atoms with Crippen molar-refractivity contribution in [3.05, 3.63) is 24.3 Å². The Hall–Kier alpha value is -2.04. The molecule has 1 aliphatic rings. The number of benzene rings is 1. The molecule has 1 aromatic rings. The third-order valence-corrected chi connectivity index (χ3v) is 4.25. The summed E-state index contributed by atoms with van der Waals surface area (Å²) in [5.74, 6) is 0.737. The Bertz CT molecular complexity index is 546. The molecule has 0 aliphatic heterocycles. The lowest BCUT2D eigenvalue weighted by Crippen LogP contribution is -2.43. The van der Waals surface area contributed by atoms with Gasteiger partial charge in [-0.3, -0.25) is 9.59 Å². The molecule has 0 aromatic heterocycles. The lowest BCUT2D eigenvalue weighted by atomic mass is 9.87. The molecule has 1 fully saturated rings. The molecule has 0 heterocycles. The zero-order valence-corrected chi connectivity index (χ0v) is 14.8. The summed E-state index contributed by atoms with van der Waals surface area (Å²) in [5, 5.41) is 5.45. The second-order valence-corrected chi connectivity index (χ2v) is 7.11. The summed E-state index contributed by atoms with van der Waals surface area (Å²) >= 11 is 0. The summed E-state index contributed by atoms with van der Waals surface area (Å²) < 4.78 is 5.59. The molecular formula is C19H28N2O3. The van der Waals surface area contributed by atoms with E-state index in [0.29, 0.717) is 24.1 Å². The maximum absolute atomic E-state index is 12.0. The van der Waals surface area contributed by atoms with Crippen LogP contribution in [0.2, 0.25) is 0 Å². The molecule has 0 unspecified atom stereocenters. The average molecular weight is 332 g/mol. The molecule has 2 amide bonds. The van der Waals surface area contributed by atoms with Gasteiger partial charge < -0.3 is 15.4 Å². The van der Waals surface area contributed by atoms with E-state index < -0.39 is 11.8 Å². The van der Waals surface area contributed by atoms with Crippen molar-refractivity contribution in [1.82, 2.24) is 5.32 Å². The SMILES string of the molecule is CC(C)COc1ccc(NC(=O)C(=O)NC2CCC(C)CC2)cc1. The van der Waals surface area contributed by atoms with Crippen molar-refractivity contribution >= 4 is 17.5 Å². The molecule has 0 bridgehead atoms. The molecule has 0 spiro atoms. The van der Waals surface area contributed by atoms with E-state index in [1.807, 2.05) is 0 Å². The van der Waals surface area contributed by atoms with Gasteiger partial charge in [0, 0.05) is 11.7 Å². The van der Waals surface area contributed by atoms with Crippen LogP contribution in [0, 0.1) is 11.8 Å². The van der Waals surface area contributed by atoms with E-state index >= 15 is 0 Å². The molecule has 132 valence electrons. The number of ether oxygens (including phenoxy) is 1. The van der Waals surface area contributed by atoms with Crippen molar-refractivity contribution < 1.29 is 14.3 Å². The minimum absolute atomic E-state index is 0.117. The van der Waals surface area contributed by atoms with Crippen LogP contribution >= 0.6 is 0 Å². The number of amides is 2. The average Bonchev–Trinajstić information content (AvgIpc) is 2.56. The van der Waals surface area contributed by atoms with E-state index in [9.17, 15) is 9.59 Å². The number of carbonyl (C=O) groups is 2. The third kappa shape index (κ3) is 5.87. The topological polar surface area (TPSA) is 67.4 Å². The molecule has 0 saturated heterocycles. The highest BCUT2D eigenvalue weighted by atomic mass is 16.5. The van der Waals surface area contributed by atoms with Gasteiger partial charge in [0.05, 0.1) is 6.61 Å². The highest BCUT2D eigenvalue weighted by Gasteiger charge is 2.22. The first-order valence-corrected chi connectivity index (χ1v) is 8.78. The predicted octanol–water partition coefficient (Wildman–Crippen LogP) is 3.35. The van der Waals surface area contributed by atoms with Gasteiger partial charge in [-0.2, -0.15) is 0 Å². The van der Waals surface area contributed by atoms with Gasteiger partial charge in [0.15, 0.2) is 0 Å². The van der Waals surface area contributed by atoms with Crippen molar-refractivity contribution in [2.45, 2.75) is 52.5 Å². The zero-order chi connectivity index (χ0) is 17.5. The minimum Gasteiger partial charge on any atom is -0.493 e. The molecule has 24 heavy (non-hydrogen) atoms. The van der Waals surface area contributed by atoms with Crippen LogP contribution in [0.1, 0.15) is 46.5 Å². The van der Waals surface area contributed by atoms with Crippen LogP contribution in [0.3, 0.4) is 0 Å². The van der Waals surface area contributed by atoms with Gasteiger partial charge >= 0.3 is 11.8 Å². The second kappa shape index (κ2) is 8.71. The largest absolute Gasteiger partial charge is 0.493 e. The van der Waals surface area contributed by atoms with Crippen molar-refractivity contribution in [3.63, 3.8) is 0 Å². The molecule has 1 saturated carbocycles. The first-order chi connectivity index (χ1) is 11.4. The molecule has 2 N–H and O–H groups in total. The zero-order valence-electron chi connectivity index (χ0n) is 14.8. The first kappa shape index (κ1) is 18.3. The van der Waals surface area contributed by atoms with Gasteiger partial charge in [0.25, 0.3) is 0 Å². The number of carbonyl (C=O) groups excluding carboxylic acids is 2. The van der Waals surface area contributed by atoms with Gasteiger partial charge in [-0.25, -0.2) is 0 Å². The fraction of sp³-hybridized carbons (Fsp3) is 0.579. The van der Waals surface area contributed by atoms with Crippen molar-refractivity contribution in [3.8, 4) is 5.75 Å². The third-order valence-electron chi connectivity index (χ3n) is 4.25. The molecule has 0 radical (unpaired) electrons. The molecule has 1 aromatic carbocycles. The van der Waals surface area contributed by atoms with Crippen molar-refractivity contribution in [2.24, 2.45) is 11.8 Å². The van der Waals surface area contributed by atoms with Crippen molar-refractivity contribution in [1.29, 1.82) is 0 Å². The van der Waals surface area contributed by atoms with Crippen LogP contribution in [-0.2, 0) is 9.59 Å². The Kier molecular flexibility index (Phi) is 6.64. The van der Waals surface area contributed by atoms with E-state index in [2.05, 4.69) is 31.4 Å².